The lowest BCUT2D eigenvalue weighted by atomic mass is 10.0. The number of nitrogens with two attached hydrogens (primary N) is 1. The summed E-state index contributed by atoms with van der Waals surface area (Å²) in [5.41, 5.74) is 8.31. The molecule has 2 aromatic carbocycles. The molecule has 108 valence electrons. The van der Waals surface area contributed by atoms with Crippen LogP contribution in [0.4, 0.5) is 0 Å². The molecule has 0 bridgehead atoms. The normalized spacial score (nSPS) is 11.5. The van der Waals surface area contributed by atoms with Crippen molar-refractivity contribution < 1.29 is 9.90 Å². The first kappa shape index (κ1) is 13.8. The van der Waals surface area contributed by atoms with Crippen molar-refractivity contribution in [2.24, 2.45) is 5.73 Å². The average molecular weight is 290 g/mol. The summed E-state index contributed by atoms with van der Waals surface area (Å²) in [6.07, 6.45) is 1.37. The first-order chi connectivity index (χ1) is 10.6. The summed E-state index contributed by atoms with van der Waals surface area (Å²) in [7, 11) is 0. The molecule has 3 aromatic rings. The van der Waals surface area contributed by atoms with E-state index >= 15 is 0 Å². The Hall–Kier alpha value is -3.14. The van der Waals surface area contributed by atoms with Crippen LogP contribution in [-0.2, 0) is 4.79 Å². The lowest BCUT2D eigenvalue weighted by Crippen LogP contribution is -2.13. The zero-order chi connectivity index (χ0) is 15.5. The standard InChI is InChI=1S/C18H14N2O2/c19-18(22)17(21)11-13-10-16(12-6-2-1-3-7-12)20-15-9-5-4-8-14(13)15/h1-11,21H,(H2,19,22). The van der Waals surface area contributed by atoms with Gasteiger partial charge in [0.25, 0.3) is 5.91 Å². The van der Waals surface area contributed by atoms with E-state index in [1.54, 1.807) is 0 Å². The largest absolute Gasteiger partial charge is 0.503 e. The zero-order valence-electron chi connectivity index (χ0n) is 11.7. The van der Waals surface area contributed by atoms with Crippen LogP contribution >= 0.6 is 0 Å². The fraction of sp³-hybridized carbons (Fsp3) is 0. The molecule has 0 radical (unpaired) electrons. The molecule has 1 amide bonds. The van der Waals surface area contributed by atoms with Crippen LogP contribution in [0.25, 0.3) is 28.2 Å². The van der Waals surface area contributed by atoms with E-state index in [-0.39, 0.29) is 0 Å². The third-order valence-corrected chi connectivity index (χ3v) is 3.36. The monoisotopic (exact) mass is 290 g/mol. The van der Waals surface area contributed by atoms with Gasteiger partial charge in [-0.05, 0) is 23.8 Å². The van der Waals surface area contributed by atoms with Gasteiger partial charge in [-0.3, -0.25) is 4.79 Å². The topological polar surface area (TPSA) is 76.2 Å². The second kappa shape index (κ2) is 5.69. The molecule has 0 atom stereocenters. The van der Waals surface area contributed by atoms with E-state index in [0.717, 1.165) is 22.2 Å². The van der Waals surface area contributed by atoms with Gasteiger partial charge in [-0.1, -0.05) is 48.5 Å². The number of para-hydroxylation sites is 1. The SMILES string of the molecule is NC(=O)C(O)=Cc1cc(-c2ccccc2)nc2ccccc12. The highest BCUT2D eigenvalue weighted by atomic mass is 16.3. The van der Waals surface area contributed by atoms with Gasteiger partial charge in [0.05, 0.1) is 11.2 Å². The minimum atomic E-state index is -0.859. The van der Waals surface area contributed by atoms with E-state index in [0.29, 0.717) is 5.56 Å². The van der Waals surface area contributed by atoms with Crippen molar-refractivity contribution in [2.75, 3.05) is 0 Å². The Morgan fingerprint density at radius 1 is 1.05 bits per heavy atom. The van der Waals surface area contributed by atoms with E-state index in [1.807, 2.05) is 60.7 Å². The second-order valence-corrected chi connectivity index (χ2v) is 4.87. The maximum absolute atomic E-state index is 11.1. The summed E-state index contributed by atoms with van der Waals surface area (Å²) in [6, 6.07) is 19.1. The van der Waals surface area contributed by atoms with E-state index in [2.05, 4.69) is 4.98 Å². The Morgan fingerprint density at radius 2 is 1.73 bits per heavy atom. The van der Waals surface area contributed by atoms with Crippen molar-refractivity contribution in [3.8, 4) is 11.3 Å². The minimum absolute atomic E-state index is 0.477. The molecule has 3 rings (SSSR count). The Labute approximate surface area is 127 Å². The van der Waals surface area contributed by atoms with Crippen LogP contribution in [0, 0.1) is 0 Å². The van der Waals surface area contributed by atoms with Crippen molar-refractivity contribution in [3.05, 3.63) is 72.0 Å². The van der Waals surface area contributed by atoms with Crippen LogP contribution in [0.3, 0.4) is 0 Å². The molecule has 0 saturated carbocycles. The second-order valence-electron chi connectivity index (χ2n) is 4.87. The number of carbonyl (C=O) groups is 1. The molecule has 4 heteroatoms. The summed E-state index contributed by atoms with van der Waals surface area (Å²) in [6.45, 7) is 0. The average Bonchev–Trinajstić information content (AvgIpc) is 2.55. The first-order valence-corrected chi connectivity index (χ1v) is 6.81. The summed E-state index contributed by atoms with van der Waals surface area (Å²) in [5.74, 6) is -1.34. The minimum Gasteiger partial charge on any atom is -0.503 e. The zero-order valence-corrected chi connectivity index (χ0v) is 11.7. The van der Waals surface area contributed by atoms with Crippen LogP contribution in [0.15, 0.2) is 66.4 Å². The third-order valence-electron chi connectivity index (χ3n) is 3.36. The van der Waals surface area contributed by atoms with Crippen molar-refractivity contribution in [3.63, 3.8) is 0 Å². The molecular weight excluding hydrogens is 276 g/mol. The lowest BCUT2D eigenvalue weighted by molar-refractivity contribution is -0.116. The predicted molar refractivity (Wildman–Crippen MR) is 87.0 cm³/mol. The highest BCUT2D eigenvalue weighted by molar-refractivity contribution is 5.98. The quantitative estimate of drug-likeness (QED) is 0.574. The Morgan fingerprint density at radius 3 is 2.45 bits per heavy atom. The van der Waals surface area contributed by atoms with Crippen molar-refractivity contribution >= 4 is 22.9 Å². The van der Waals surface area contributed by atoms with Gasteiger partial charge in [-0.25, -0.2) is 4.98 Å². The number of nitrogens with zero attached hydrogens (tertiary/aromatic N) is 1. The maximum atomic E-state index is 11.1. The van der Waals surface area contributed by atoms with Gasteiger partial charge >= 0.3 is 0 Å². The van der Waals surface area contributed by atoms with Gasteiger partial charge < -0.3 is 10.8 Å². The maximum Gasteiger partial charge on any atom is 0.283 e. The van der Waals surface area contributed by atoms with Gasteiger partial charge in [0.2, 0.25) is 0 Å². The number of pyridine rings is 1. The molecule has 4 nitrogen and oxygen atoms in total. The molecule has 0 saturated heterocycles. The van der Waals surface area contributed by atoms with Gasteiger partial charge in [0.1, 0.15) is 0 Å². The highest BCUT2D eigenvalue weighted by Crippen LogP contribution is 2.26. The van der Waals surface area contributed by atoms with E-state index < -0.39 is 11.7 Å². The van der Waals surface area contributed by atoms with Crippen LogP contribution in [0.2, 0.25) is 0 Å². The number of primary amides is 1. The van der Waals surface area contributed by atoms with Crippen LogP contribution in [0.5, 0.6) is 0 Å². The van der Waals surface area contributed by atoms with Crippen LogP contribution in [-0.4, -0.2) is 16.0 Å². The number of rotatable bonds is 3. The van der Waals surface area contributed by atoms with Gasteiger partial charge in [0, 0.05) is 10.9 Å². The number of carbonyl (C=O) groups excluding carboxylic acids is 1. The van der Waals surface area contributed by atoms with Gasteiger partial charge in [-0.2, -0.15) is 0 Å². The molecule has 0 unspecified atom stereocenters. The van der Waals surface area contributed by atoms with Crippen LogP contribution in [0.1, 0.15) is 5.56 Å². The molecule has 1 aromatic heterocycles. The number of aliphatic hydroxyl groups is 1. The number of hydrogen-bond donors (Lipinski definition) is 2. The molecule has 22 heavy (non-hydrogen) atoms. The summed E-state index contributed by atoms with van der Waals surface area (Å²) < 4.78 is 0. The summed E-state index contributed by atoms with van der Waals surface area (Å²) >= 11 is 0. The lowest BCUT2D eigenvalue weighted by Gasteiger charge is -2.07. The molecule has 0 aliphatic heterocycles. The number of hydrogen-bond acceptors (Lipinski definition) is 3. The van der Waals surface area contributed by atoms with E-state index in [4.69, 9.17) is 5.73 Å². The van der Waals surface area contributed by atoms with Crippen molar-refractivity contribution in [1.29, 1.82) is 0 Å². The fourth-order valence-corrected chi connectivity index (χ4v) is 2.30. The predicted octanol–water partition coefficient (Wildman–Crippen LogP) is 3.29. The molecule has 0 aliphatic carbocycles. The van der Waals surface area contributed by atoms with E-state index in [9.17, 15) is 9.90 Å². The fourth-order valence-electron chi connectivity index (χ4n) is 2.30. The smallest absolute Gasteiger partial charge is 0.283 e. The number of aromatic nitrogens is 1. The molecule has 1 heterocycles. The number of fused-ring (bicyclic) bond motifs is 1. The number of benzene rings is 2. The molecule has 3 N–H and O–H groups in total. The van der Waals surface area contributed by atoms with Gasteiger partial charge in [-0.15, -0.1) is 0 Å². The first-order valence-electron chi connectivity index (χ1n) is 6.81. The van der Waals surface area contributed by atoms with E-state index in [1.165, 1.54) is 6.08 Å². The third kappa shape index (κ3) is 2.67. The van der Waals surface area contributed by atoms with Gasteiger partial charge in [0.15, 0.2) is 5.76 Å². The number of aliphatic hydroxyl groups excluding tert-OH is 1. The van der Waals surface area contributed by atoms with Crippen molar-refractivity contribution in [1.82, 2.24) is 4.98 Å². The molecule has 0 aliphatic rings. The highest BCUT2D eigenvalue weighted by Gasteiger charge is 2.08. The molecular formula is C18H14N2O2. The molecule has 0 spiro atoms. The Bertz CT molecular complexity index is 871. The Balaban J connectivity index is 2.25. The molecule has 0 fully saturated rings. The summed E-state index contributed by atoms with van der Waals surface area (Å²) in [5, 5.41) is 10.5. The van der Waals surface area contributed by atoms with Crippen molar-refractivity contribution in [2.45, 2.75) is 0 Å². The summed E-state index contributed by atoms with van der Waals surface area (Å²) in [4.78, 5) is 15.7. The number of amides is 1. The van der Waals surface area contributed by atoms with Crippen LogP contribution < -0.4 is 5.73 Å². The Kier molecular flexibility index (Phi) is 3.58.